The van der Waals surface area contributed by atoms with Gasteiger partial charge in [0, 0.05) is 20.1 Å². The molecule has 150 valence electrons. The van der Waals surface area contributed by atoms with Crippen molar-refractivity contribution in [2.75, 3.05) is 33.9 Å². The lowest BCUT2D eigenvalue weighted by molar-refractivity contribution is -0.146. The van der Waals surface area contributed by atoms with Gasteiger partial charge in [0.25, 0.3) is 0 Å². The largest absolute Gasteiger partial charge is 0.493 e. The smallest absolute Gasteiger partial charge is 0.242 e. The second-order valence-corrected chi connectivity index (χ2v) is 8.11. The molecule has 1 atom stereocenters. The van der Waals surface area contributed by atoms with Crippen LogP contribution in [0.25, 0.3) is 0 Å². The van der Waals surface area contributed by atoms with Gasteiger partial charge in [-0.15, -0.1) is 0 Å². The third kappa shape index (κ3) is 4.04. The Morgan fingerprint density at radius 1 is 1.22 bits per heavy atom. The zero-order valence-electron chi connectivity index (χ0n) is 16.7. The second kappa shape index (κ2) is 8.70. The number of hydrogen-bond acceptors (Lipinski definition) is 4. The van der Waals surface area contributed by atoms with Gasteiger partial charge >= 0.3 is 0 Å². The highest BCUT2D eigenvalue weighted by atomic mass is 35.5. The Morgan fingerprint density at radius 2 is 1.96 bits per heavy atom. The lowest BCUT2D eigenvalue weighted by atomic mass is 9.85. The molecule has 1 spiro atoms. The number of likely N-dealkylation sites (tertiary alicyclic amines) is 2. The molecule has 0 aromatic heterocycles. The van der Waals surface area contributed by atoms with Crippen LogP contribution in [0, 0.1) is 0 Å². The summed E-state index contributed by atoms with van der Waals surface area (Å²) >= 11 is 6.51. The number of likely N-dealkylation sites (N-methyl/N-ethyl adjacent to an activating group) is 1. The number of hydrogen-bond donors (Lipinski definition) is 0. The normalized spacial score (nSPS) is 23.3. The third-order valence-electron chi connectivity index (χ3n) is 5.86. The van der Waals surface area contributed by atoms with Crippen molar-refractivity contribution < 1.29 is 14.3 Å². The average Bonchev–Trinajstić information content (AvgIpc) is 3.04. The van der Waals surface area contributed by atoms with Crippen LogP contribution in [0.1, 0.15) is 51.0 Å². The molecule has 2 aliphatic heterocycles. The fourth-order valence-electron chi connectivity index (χ4n) is 4.41. The number of rotatable bonds is 7. The van der Waals surface area contributed by atoms with E-state index in [0.29, 0.717) is 29.7 Å². The number of amides is 1. The van der Waals surface area contributed by atoms with Crippen molar-refractivity contribution in [3.8, 4) is 11.5 Å². The van der Waals surface area contributed by atoms with Gasteiger partial charge in [-0.05, 0) is 56.3 Å². The molecule has 1 aromatic carbocycles. The molecule has 3 rings (SSSR count). The highest BCUT2D eigenvalue weighted by Gasteiger charge is 2.49. The fraction of sp³-hybridized carbons (Fsp3) is 0.667. The van der Waals surface area contributed by atoms with Crippen molar-refractivity contribution in [1.29, 1.82) is 0 Å². The van der Waals surface area contributed by atoms with E-state index in [1.165, 1.54) is 0 Å². The van der Waals surface area contributed by atoms with Crippen LogP contribution < -0.4 is 9.47 Å². The number of carbonyl (C=O) groups excluding carboxylic acids is 1. The molecule has 0 aliphatic carbocycles. The molecule has 2 fully saturated rings. The molecule has 0 bridgehead atoms. The molecule has 2 saturated heterocycles. The van der Waals surface area contributed by atoms with Crippen molar-refractivity contribution >= 4 is 17.5 Å². The van der Waals surface area contributed by atoms with Crippen molar-refractivity contribution in [3.63, 3.8) is 0 Å². The summed E-state index contributed by atoms with van der Waals surface area (Å²) in [7, 11) is 3.56. The van der Waals surface area contributed by atoms with Gasteiger partial charge in [0.2, 0.25) is 5.91 Å². The van der Waals surface area contributed by atoms with Gasteiger partial charge in [-0.25, -0.2) is 0 Å². The lowest BCUT2D eigenvalue weighted by Crippen LogP contribution is -2.58. The highest BCUT2D eigenvalue weighted by Crippen LogP contribution is 2.41. The minimum atomic E-state index is -0.344. The molecular formula is C21H31ClN2O3. The highest BCUT2D eigenvalue weighted by molar-refractivity contribution is 6.32. The summed E-state index contributed by atoms with van der Waals surface area (Å²) in [6.45, 7) is 5.25. The Bertz CT molecular complexity index is 682. The summed E-state index contributed by atoms with van der Waals surface area (Å²) in [4.78, 5) is 17.2. The van der Waals surface area contributed by atoms with Gasteiger partial charge in [0.1, 0.15) is 5.54 Å². The van der Waals surface area contributed by atoms with Crippen LogP contribution in [0.4, 0.5) is 0 Å². The van der Waals surface area contributed by atoms with Crippen molar-refractivity contribution in [2.45, 2.75) is 57.5 Å². The summed E-state index contributed by atoms with van der Waals surface area (Å²) in [6.07, 6.45) is 6.05. The van der Waals surface area contributed by atoms with E-state index in [0.717, 1.165) is 57.2 Å². The summed E-state index contributed by atoms with van der Waals surface area (Å²) < 4.78 is 11.4. The van der Waals surface area contributed by atoms with Crippen LogP contribution in [0.2, 0.25) is 5.02 Å². The summed E-state index contributed by atoms with van der Waals surface area (Å²) in [5.74, 6) is 1.54. The maximum absolute atomic E-state index is 13.0. The molecule has 0 radical (unpaired) electrons. The molecule has 27 heavy (non-hydrogen) atoms. The van der Waals surface area contributed by atoms with Gasteiger partial charge in [0.05, 0.1) is 18.7 Å². The van der Waals surface area contributed by atoms with Crippen LogP contribution in [0.3, 0.4) is 0 Å². The number of halogens is 1. The Morgan fingerprint density at radius 3 is 2.67 bits per heavy atom. The second-order valence-electron chi connectivity index (χ2n) is 7.70. The topological polar surface area (TPSA) is 42.0 Å². The molecule has 2 heterocycles. The molecule has 0 N–H and O–H groups in total. The van der Waals surface area contributed by atoms with Gasteiger partial charge in [-0.1, -0.05) is 24.9 Å². The Balaban J connectivity index is 1.80. The van der Waals surface area contributed by atoms with Crippen LogP contribution in [0.5, 0.6) is 11.5 Å². The van der Waals surface area contributed by atoms with E-state index in [1.807, 2.05) is 24.1 Å². The maximum atomic E-state index is 13.0. The fourth-order valence-corrected chi connectivity index (χ4v) is 4.69. The maximum Gasteiger partial charge on any atom is 0.242 e. The standard InChI is InChI=1S/C21H31ClN2O3/c1-4-5-12-27-19-17(22)13-16(14-18(19)26-3)15-24-11-7-9-21(24)8-6-10-23(2)20(21)25/h13-14H,4-12,15H2,1-3H3. The predicted molar refractivity (Wildman–Crippen MR) is 108 cm³/mol. The number of piperidine rings is 1. The van der Waals surface area contributed by atoms with Gasteiger partial charge in [-0.3, -0.25) is 9.69 Å². The van der Waals surface area contributed by atoms with Crippen LogP contribution in [-0.4, -0.2) is 55.1 Å². The Hall–Kier alpha value is -1.46. The average molecular weight is 395 g/mol. The van der Waals surface area contributed by atoms with Gasteiger partial charge in [0.15, 0.2) is 11.5 Å². The molecule has 5 nitrogen and oxygen atoms in total. The number of ether oxygens (including phenoxy) is 2. The SMILES string of the molecule is CCCCOc1c(Cl)cc(CN2CCCC23CCCN(C)C3=O)cc1OC. The predicted octanol–water partition coefficient (Wildman–Crippen LogP) is 4.11. The molecule has 2 aliphatic rings. The molecule has 1 aromatic rings. The van der Waals surface area contributed by atoms with E-state index in [9.17, 15) is 4.79 Å². The van der Waals surface area contributed by atoms with E-state index in [4.69, 9.17) is 21.1 Å². The molecule has 6 heteroatoms. The van der Waals surface area contributed by atoms with Crippen molar-refractivity contribution in [2.24, 2.45) is 0 Å². The first-order valence-corrected chi connectivity index (χ1v) is 10.4. The number of unbranched alkanes of at least 4 members (excludes halogenated alkanes) is 1. The third-order valence-corrected chi connectivity index (χ3v) is 6.14. The number of nitrogens with zero attached hydrogens (tertiary/aromatic N) is 2. The van der Waals surface area contributed by atoms with Crippen molar-refractivity contribution in [3.05, 3.63) is 22.7 Å². The Kier molecular flexibility index (Phi) is 6.53. The van der Waals surface area contributed by atoms with E-state index in [-0.39, 0.29) is 11.4 Å². The van der Waals surface area contributed by atoms with E-state index < -0.39 is 0 Å². The monoisotopic (exact) mass is 394 g/mol. The minimum Gasteiger partial charge on any atom is -0.493 e. The first-order valence-electron chi connectivity index (χ1n) is 10.0. The van der Waals surface area contributed by atoms with E-state index in [1.54, 1.807) is 7.11 Å². The van der Waals surface area contributed by atoms with E-state index in [2.05, 4.69) is 11.8 Å². The molecule has 0 saturated carbocycles. The summed E-state index contributed by atoms with van der Waals surface area (Å²) in [5.41, 5.74) is 0.713. The zero-order valence-corrected chi connectivity index (χ0v) is 17.5. The van der Waals surface area contributed by atoms with Gasteiger partial charge in [-0.2, -0.15) is 0 Å². The van der Waals surface area contributed by atoms with Crippen LogP contribution in [-0.2, 0) is 11.3 Å². The lowest BCUT2D eigenvalue weighted by Gasteiger charge is -2.43. The summed E-state index contributed by atoms with van der Waals surface area (Å²) in [6, 6.07) is 3.95. The number of methoxy groups -OCH3 is 1. The molecule has 1 amide bonds. The molecule has 1 unspecified atom stereocenters. The first-order chi connectivity index (χ1) is 13.0. The van der Waals surface area contributed by atoms with Gasteiger partial charge < -0.3 is 14.4 Å². The van der Waals surface area contributed by atoms with Crippen molar-refractivity contribution in [1.82, 2.24) is 9.80 Å². The van der Waals surface area contributed by atoms with Crippen LogP contribution >= 0.6 is 11.6 Å². The minimum absolute atomic E-state index is 0.267. The Labute approximate surface area is 167 Å². The zero-order chi connectivity index (χ0) is 19.4. The number of carbonyl (C=O) groups is 1. The summed E-state index contributed by atoms with van der Waals surface area (Å²) in [5, 5.41) is 0.570. The first kappa shape index (κ1) is 20.3. The van der Waals surface area contributed by atoms with Crippen LogP contribution in [0.15, 0.2) is 12.1 Å². The van der Waals surface area contributed by atoms with E-state index >= 15 is 0 Å². The quantitative estimate of drug-likeness (QED) is 0.652. The molecular weight excluding hydrogens is 364 g/mol. The number of benzene rings is 1.